The van der Waals surface area contributed by atoms with Crippen molar-refractivity contribution in [1.29, 1.82) is 5.41 Å². The van der Waals surface area contributed by atoms with Crippen molar-refractivity contribution >= 4 is 5.84 Å². The average molecular weight is 225 g/mol. The van der Waals surface area contributed by atoms with Crippen LogP contribution < -0.4 is 5.73 Å². The zero-order chi connectivity index (χ0) is 11.8. The first-order chi connectivity index (χ1) is 7.41. The van der Waals surface area contributed by atoms with Gasteiger partial charge in [0.1, 0.15) is 0 Å². The van der Waals surface area contributed by atoms with Crippen LogP contribution in [0.1, 0.15) is 33.1 Å². The molecule has 0 aromatic carbocycles. The van der Waals surface area contributed by atoms with Crippen molar-refractivity contribution in [2.24, 2.45) is 11.1 Å². The normalized spacial score (nSPS) is 27.6. The van der Waals surface area contributed by atoms with Crippen LogP contribution in [0.25, 0.3) is 0 Å². The summed E-state index contributed by atoms with van der Waals surface area (Å²) in [5.74, 6) is 0.338. The molecule has 0 amide bonds. The van der Waals surface area contributed by atoms with E-state index in [9.17, 15) is 0 Å². The van der Waals surface area contributed by atoms with Crippen LogP contribution >= 0.6 is 0 Å². The minimum Gasteiger partial charge on any atom is -0.388 e. The van der Waals surface area contributed by atoms with E-state index in [0.717, 1.165) is 32.7 Å². The van der Waals surface area contributed by atoms with Crippen LogP contribution in [0, 0.1) is 10.8 Å². The molecule has 2 rings (SSSR count). The maximum Gasteiger partial charge on any atom is 0.0911 e. The van der Waals surface area contributed by atoms with Crippen molar-refractivity contribution in [3.63, 3.8) is 0 Å². The molecular formula is C12H23N3O. The Bertz CT molecular complexity index is 284. The molecule has 1 heterocycles. The van der Waals surface area contributed by atoms with Crippen LogP contribution in [0.15, 0.2) is 0 Å². The molecule has 0 aromatic heterocycles. The first-order valence-corrected chi connectivity index (χ1v) is 6.10. The lowest BCUT2D eigenvalue weighted by Gasteiger charge is -2.39. The highest BCUT2D eigenvalue weighted by Crippen LogP contribution is 2.49. The van der Waals surface area contributed by atoms with Crippen LogP contribution in [0.3, 0.4) is 0 Å². The van der Waals surface area contributed by atoms with Crippen molar-refractivity contribution < 1.29 is 4.74 Å². The number of morpholine rings is 1. The minimum absolute atomic E-state index is 0.0233. The summed E-state index contributed by atoms with van der Waals surface area (Å²) in [5.41, 5.74) is 5.81. The lowest BCUT2D eigenvalue weighted by molar-refractivity contribution is -0.0897. The lowest BCUT2D eigenvalue weighted by atomic mass is 9.99. The van der Waals surface area contributed by atoms with Crippen LogP contribution in [0.2, 0.25) is 0 Å². The Labute approximate surface area is 97.6 Å². The smallest absolute Gasteiger partial charge is 0.0911 e. The van der Waals surface area contributed by atoms with Crippen molar-refractivity contribution in [2.75, 3.05) is 26.2 Å². The van der Waals surface area contributed by atoms with E-state index in [4.69, 9.17) is 15.9 Å². The molecule has 4 heteroatoms. The van der Waals surface area contributed by atoms with E-state index in [0.29, 0.717) is 11.3 Å². The second-order valence-electron chi connectivity index (χ2n) is 6.02. The summed E-state index contributed by atoms with van der Waals surface area (Å²) in [6.07, 6.45) is 3.22. The van der Waals surface area contributed by atoms with Gasteiger partial charge < -0.3 is 10.5 Å². The molecule has 0 aromatic rings. The zero-order valence-electron chi connectivity index (χ0n) is 10.4. The number of nitrogens with two attached hydrogens (primary N) is 1. The Morgan fingerprint density at radius 1 is 1.44 bits per heavy atom. The number of hydrogen-bond donors (Lipinski definition) is 2. The first-order valence-electron chi connectivity index (χ1n) is 6.10. The van der Waals surface area contributed by atoms with Gasteiger partial charge in [0.25, 0.3) is 0 Å². The number of nitrogens with one attached hydrogen (secondary N) is 1. The fourth-order valence-corrected chi connectivity index (χ4v) is 2.70. The third-order valence-electron chi connectivity index (χ3n) is 3.59. The summed E-state index contributed by atoms with van der Waals surface area (Å²) in [4.78, 5) is 2.47. The Balaban J connectivity index is 1.87. The molecule has 2 aliphatic rings. The maximum atomic E-state index is 7.42. The molecule has 1 aliphatic heterocycles. The first kappa shape index (κ1) is 11.9. The molecule has 0 spiro atoms. The number of rotatable bonds is 4. The summed E-state index contributed by atoms with van der Waals surface area (Å²) >= 11 is 0. The second-order valence-corrected chi connectivity index (χ2v) is 6.02. The van der Waals surface area contributed by atoms with E-state index in [-0.39, 0.29) is 5.60 Å². The third-order valence-corrected chi connectivity index (χ3v) is 3.59. The molecule has 3 N–H and O–H groups in total. The summed E-state index contributed by atoms with van der Waals surface area (Å²) in [6.45, 7) is 8.20. The zero-order valence-corrected chi connectivity index (χ0v) is 10.4. The molecule has 0 bridgehead atoms. The van der Waals surface area contributed by atoms with E-state index in [1.165, 1.54) is 12.8 Å². The van der Waals surface area contributed by atoms with Gasteiger partial charge in [-0.3, -0.25) is 10.3 Å². The minimum atomic E-state index is -0.0233. The van der Waals surface area contributed by atoms with Gasteiger partial charge >= 0.3 is 0 Å². The average Bonchev–Trinajstić information content (AvgIpc) is 2.81. The van der Waals surface area contributed by atoms with Crippen molar-refractivity contribution in [1.82, 2.24) is 4.90 Å². The van der Waals surface area contributed by atoms with Gasteiger partial charge in [-0.2, -0.15) is 0 Å². The molecule has 0 unspecified atom stereocenters. The summed E-state index contributed by atoms with van der Waals surface area (Å²) in [7, 11) is 0. The maximum absolute atomic E-state index is 7.42. The Morgan fingerprint density at radius 2 is 2.12 bits per heavy atom. The molecular weight excluding hydrogens is 202 g/mol. The fraction of sp³-hybridized carbons (Fsp3) is 0.917. The van der Waals surface area contributed by atoms with Gasteiger partial charge in [-0.1, -0.05) is 0 Å². The quantitative estimate of drug-likeness (QED) is 0.558. The van der Waals surface area contributed by atoms with E-state index in [1.54, 1.807) is 0 Å². The molecule has 92 valence electrons. The molecule has 2 fully saturated rings. The molecule has 1 saturated carbocycles. The fourth-order valence-electron chi connectivity index (χ4n) is 2.70. The van der Waals surface area contributed by atoms with Crippen LogP contribution in [0.5, 0.6) is 0 Å². The predicted octanol–water partition coefficient (Wildman–Crippen LogP) is 1.20. The van der Waals surface area contributed by atoms with E-state index in [2.05, 4.69) is 18.7 Å². The largest absolute Gasteiger partial charge is 0.388 e. The number of nitrogens with zero attached hydrogens (tertiary/aromatic N) is 1. The number of amidine groups is 1. The van der Waals surface area contributed by atoms with Gasteiger partial charge in [0.05, 0.1) is 18.0 Å². The van der Waals surface area contributed by atoms with Crippen LogP contribution in [-0.4, -0.2) is 42.6 Å². The van der Waals surface area contributed by atoms with E-state index < -0.39 is 0 Å². The highest BCUT2D eigenvalue weighted by Gasteiger charge is 2.45. The second kappa shape index (κ2) is 4.00. The highest BCUT2D eigenvalue weighted by atomic mass is 16.5. The van der Waals surface area contributed by atoms with E-state index in [1.807, 2.05) is 0 Å². The monoisotopic (exact) mass is 225 g/mol. The third kappa shape index (κ3) is 2.95. The van der Waals surface area contributed by atoms with Crippen molar-refractivity contribution in [3.05, 3.63) is 0 Å². The van der Waals surface area contributed by atoms with Gasteiger partial charge in [0.2, 0.25) is 0 Å². The molecule has 0 radical (unpaired) electrons. The number of hydrogen-bond acceptors (Lipinski definition) is 3. The Morgan fingerprint density at radius 3 is 2.62 bits per heavy atom. The van der Waals surface area contributed by atoms with Gasteiger partial charge in [0, 0.05) is 26.1 Å². The van der Waals surface area contributed by atoms with Gasteiger partial charge in [-0.15, -0.1) is 0 Å². The summed E-state index contributed by atoms with van der Waals surface area (Å²) in [6, 6.07) is 0. The van der Waals surface area contributed by atoms with Gasteiger partial charge in [0.15, 0.2) is 0 Å². The standard InChI is InChI=1S/C12H23N3O/c1-11(2)8-15(5-6-16-11)9-12(3-4-12)7-10(13)14/h3-9H2,1-2H3,(H3,13,14). The lowest BCUT2D eigenvalue weighted by Crippen LogP contribution is -2.50. The molecule has 1 saturated heterocycles. The molecule has 0 atom stereocenters. The Hall–Kier alpha value is -0.610. The van der Waals surface area contributed by atoms with Crippen molar-refractivity contribution in [2.45, 2.75) is 38.7 Å². The molecule has 1 aliphatic carbocycles. The summed E-state index contributed by atoms with van der Waals surface area (Å²) < 4.78 is 5.70. The highest BCUT2D eigenvalue weighted by molar-refractivity contribution is 5.78. The number of ether oxygens (including phenoxy) is 1. The molecule has 4 nitrogen and oxygen atoms in total. The van der Waals surface area contributed by atoms with Gasteiger partial charge in [-0.05, 0) is 32.1 Å². The summed E-state index contributed by atoms with van der Waals surface area (Å²) in [5, 5.41) is 7.42. The molecule has 16 heavy (non-hydrogen) atoms. The van der Waals surface area contributed by atoms with Crippen LogP contribution in [-0.2, 0) is 4.74 Å². The Kier molecular flexibility index (Phi) is 2.97. The van der Waals surface area contributed by atoms with E-state index >= 15 is 0 Å². The topological polar surface area (TPSA) is 62.3 Å². The predicted molar refractivity (Wildman–Crippen MR) is 64.7 cm³/mol. The SMILES string of the molecule is CC1(C)CN(CC2(CC(=N)N)CC2)CCO1. The van der Waals surface area contributed by atoms with Crippen molar-refractivity contribution in [3.8, 4) is 0 Å². The van der Waals surface area contributed by atoms with Crippen LogP contribution in [0.4, 0.5) is 0 Å². The van der Waals surface area contributed by atoms with Gasteiger partial charge in [-0.25, -0.2) is 0 Å².